The van der Waals surface area contributed by atoms with Crippen LogP contribution in [0.25, 0.3) is 0 Å². The third-order valence-electron chi connectivity index (χ3n) is 3.33. The fourth-order valence-corrected chi connectivity index (χ4v) is 2.04. The van der Waals surface area contributed by atoms with E-state index in [0.29, 0.717) is 13.2 Å². The first kappa shape index (κ1) is 12.7. The average Bonchev–Trinajstić information content (AvgIpc) is 2.84. The Kier molecular flexibility index (Phi) is 3.75. The van der Waals surface area contributed by atoms with Gasteiger partial charge in [0.05, 0.1) is 0 Å². The number of rotatable bonds is 4. The van der Waals surface area contributed by atoms with Crippen LogP contribution in [0.3, 0.4) is 0 Å². The van der Waals surface area contributed by atoms with Gasteiger partial charge >= 0.3 is 0 Å². The molecule has 4 nitrogen and oxygen atoms in total. The highest BCUT2D eigenvalue weighted by atomic mass is 16.7. The molecule has 0 N–H and O–H groups in total. The molecule has 0 saturated carbocycles. The maximum atomic E-state index is 11.6. The summed E-state index contributed by atoms with van der Waals surface area (Å²) < 4.78 is 10.6. The van der Waals surface area contributed by atoms with Crippen LogP contribution >= 0.6 is 0 Å². The molecule has 1 aromatic carbocycles. The molecule has 0 fully saturated rings. The molecule has 1 heterocycles. The molecule has 1 amide bonds. The molecule has 1 aromatic rings. The van der Waals surface area contributed by atoms with E-state index in [4.69, 9.17) is 9.47 Å². The number of hydrogen-bond acceptors (Lipinski definition) is 3. The van der Waals surface area contributed by atoms with E-state index in [-0.39, 0.29) is 11.9 Å². The summed E-state index contributed by atoms with van der Waals surface area (Å²) in [5.74, 6) is 1.76. The first-order valence-electron chi connectivity index (χ1n) is 6.26. The standard InChI is InChI=1S/C14H19NO3/c1-4-14(16)15(3)10(2)7-11-5-6-12-13(8-11)18-9-17-12/h5-6,8,10H,4,7,9H2,1-3H3/t10-/m0/s1. The van der Waals surface area contributed by atoms with Crippen LogP contribution in [0.15, 0.2) is 18.2 Å². The lowest BCUT2D eigenvalue weighted by atomic mass is 10.1. The monoisotopic (exact) mass is 249 g/mol. The maximum Gasteiger partial charge on any atom is 0.231 e. The van der Waals surface area contributed by atoms with E-state index >= 15 is 0 Å². The number of amides is 1. The van der Waals surface area contributed by atoms with E-state index in [1.165, 1.54) is 0 Å². The molecule has 98 valence electrons. The van der Waals surface area contributed by atoms with Crippen molar-refractivity contribution in [1.29, 1.82) is 0 Å². The molecule has 0 radical (unpaired) electrons. The number of hydrogen-bond donors (Lipinski definition) is 0. The first-order chi connectivity index (χ1) is 8.61. The zero-order valence-corrected chi connectivity index (χ0v) is 11.1. The number of fused-ring (bicyclic) bond motifs is 1. The second kappa shape index (κ2) is 5.29. The fraction of sp³-hybridized carbons (Fsp3) is 0.500. The predicted molar refractivity (Wildman–Crippen MR) is 68.8 cm³/mol. The lowest BCUT2D eigenvalue weighted by molar-refractivity contribution is -0.131. The van der Waals surface area contributed by atoms with Crippen LogP contribution in [-0.4, -0.2) is 30.7 Å². The largest absolute Gasteiger partial charge is 0.454 e. The Morgan fingerprint density at radius 3 is 2.83 bits per heavy atom. The Hall–Kier alpha value is -1.71. The first-order valence-corrected chi connectivity index (χ1v) is 6.26. The topological polar surface area (TPSA) is 38.8 Å². The van der Waals surface area contributed by atoms with Gasteiger partial charge in [-0.25, -0.2) is 0 Å². The van der Waals surface area contributed by atoms with Crippen LogP contribution in [0.5, 0.6) is 11.5 Å². The van der Waals surface area contributed by atoms with Crippen molar-refractivity contribution in [3.8, 4) is 11.5 Å². The Balaban J connectivity index is 2.03. The van der Waals surface area contributed by atoms with Crippen LogP contribution in [-0.2, 0) is 11.2 Å². The number of nitrogens with zero attached hydrogens (tertiary/aromatic N) is 1. The van der Waals surface area contributed by atoms with Gasteiger partial charge in [0.25, 0.3) is 0 Å². The molecule has 0 bridgehead atoms. The van der Waals surface area contributed by atoms with E-state index in [9.17, 15) is 4.79 Å². The second-order valence-electron chi connectivity index (χ2n) is 4.60. The SMILES string of the molecule is CCC(=O)N(C)[C@@H](C)Cc1ccc2c(c1)OCO2. The van der Waals surface area contributed by atoms with Crippen LogP contribution in [0.1, 0.15) is 25.8 Å². The third kappa shape index (κ3) is 2.58. The molecule has 0 spiro atoms. The molecule has 18 heavy (non-hydrogen) atoms. The summed E-state index contributed by atoms with van der Waals surface area (Å²) in [7, 11) is 1.85. The van der Waals surface area contributed by atoms with Gasteiger partial charge in [0, 0.05) is 19.5 Å². The van der Waals surface area contributed by atoms with Crippen molar-refractivity contribution in [3.05, 3.63) is 23.8 Å². The minimum absolute atomic E-state index is 0.170. The van der Waals surface area contributed by atoms with Gasteiger partial charge in [0.2, 0.25) is 12.7 Å². The Morgan fingerprint density at radius 2 is 2.11 bits per heavy atom. The number of likely N-dealkylation sites (N-methyl/N-ethyl adjacent to an activating group) is 1. The van der Waals surface area contributed by atoms with Gasteiger partial charge in [-0.1, -0.05) is 13.0 Å². The normalized spacial score (nSPS) is 14.4. The van der Waals surface area contributed by atoms with Crippen LogP contribution in [0, 0.1) is 0 Å². The average molecular weight is 249 g/mol. The smallest absolute Gasteiger partial charge is 0.231 e. The van der Waals surface area contributed by atoms with Crippen molar-refractivity contribution in [2.75, 3.05) is 13.8 Å². The van der Waals surface area contributed by atoms with Crippen molar-refractivity contribution in [3.63, 3.8) is 0 Å². The Bertz CT molecular complexity index is 445. The molecular formula is C14H19NO3. The van der Waals surface area contributed by atoms with E-state index < -0.39 is 0 Å². The zero-order valence-electron chi connectivity index (χ0n) is 11.1. The lowest BCUT2D eigenvalue weighted by Crippen LogP contribution is -2.35. The quantitative estimate of drug-likeness (QED) is 0.821. The Morgan fingerprint density at radius 1 is 1.39 bits per heavy atom. The molecule has 1 aliphatic rings. The van der Waals surface area contributed by atoms with Gasteiger partial charge in [0.15, 0.2) is 11.5 Å². The van der Waals surface area contributed by atoms with E-state index in [0.717, 1.165) is 23.5 Å². The van der Waals surface area contributed by atoms with E-state index in [2.05, 4.69) is 6.92 Å². The van der Waals surface area contributed by atoms with E-state index in [1.54, 1.807) is 4.90 Å². The number of ether oxygens (including phenoxy) is 2. The van der Waals surface area contributed by atoms with Gasteiger partial charge in [-0.3, -0.25) is 4.79 Å². The summed E-state index contributed by atoms with van der Waals surface area (Å²) in [6.45, 7) is 4.23. The van der Waals surface area contributed by atoms with Gasteiger partial charge < -0.3 is 14.4 Å². The minimum Gasteiger partial charge on any atom is -0.454 e. The summed E-state index contributed by atoms with van der Waals surface area (Å²) in [6.07, 6.45) is 1.36. The van der Waals surface area contributed by atoms with E-state index in [1.807, 2.05) is 32.2 Å². The number of benzene rings is 1. The fourth-order valence-electron chi connectivity index (χ4n) is 2.04. The molecule has 0 aromatic heterocycles. The minimum atomic E-state index is 0.170. The summed E-state index contributed by atoms with van der Waals surface area (Å²) in [6, 6.07) is 6.11. The molecule has 2 rings (SSSR count). The lowest BCUT2D eigenvalue weighted by Gasteiger charge is -2.24. The molecule has 1 aliphatic heterocycles. The molecule has 0 saturated heterocycles. The van der Waals surface area contributed by atoms with Crippen molar-refractivity contribution < 1.29 is 14.3 Å². The zero-order chi connectivity index (χ0) is 13.1. The van der Waals surface area contributed by atoms with Crippen molar-refractivity contribution in [2.45, 2.75) is 32.7 Å². The third-order valence-corrected chi connectivity index (χ3v) is 3.33. The van der Waals surface area contributed by atoms with Crippen molar-refractivity contribution in [1.82, 2.24) is 4.90 Å². The molecule has 1 atom stereocenters. The van der Waals surface area contributed by atoms with Crippen LogP contribution < -0.4 is 9.47 Å². The van der Waals surface area contributed by atoms with Gasteiger partial charge in [-0.05, 0) is 31.0 Å². The second-order valence-corrected chi connectivity index (χ2v) is 4.60. The highest BCUT2D eigenvalue weighted by Crippen LogP contribution is 2.32. The number of carbonyl (C=O) groups is 1. The molecule has 4 heteroatoms. The molecule has 0 unspecified atom stereocenters. The summed E-state index contributed by atoms with van der Waals surface area (Å²) >= 11 is 0. The highest BCUT2D eigenvalue weighted by Gasteiger charge is 2.17. The summed E-state index contributed by atoms with van der Waals surface area (Å²) in [4.78, 5) is 13.4. The molecule has 0 aliphatic carbocycles. The summed E-state index contributed by atoms with van der Waals surface area (Å²) in [5, 5.41) is 0. The van der Waals surface area contributed by atoms with Crippen molar-refractivity contribution >= 4 is 5.91 Å². The predicted octanol–water partition coefficient (Wildman–Crippen LogP) is 2.21. The number of carbonyl (C=O) groups excluding carboxylic acids is 1. The molecular weight excluding hydrogens is 230 g/mol. The highest BCUT2D eigenvalue weighted by molar-refractivity contribution is 5.75. The maximum absolute atomic E-state index is 11.6. The Labute approximate surface area is 107 Å². The van der Waals surface area contributed by atoms with Crippen LogP contribution in [0.4, 0.5) is 0 Å². The van der Waals surface area contributed by atoms with Gasteiger partial charge in [-0.2, -0.15) is 0 Å². The summed E-state index contributed by atoms with van der Waals surface area (Å²) in [5.41, 5.74) is 1.16. The van der Waals surface area contributed by atoms with Gasteiger partial charge in [0.1, 0.15) is 0 Å². The van der Waals surface area contributed by atoms with Crippen LogP contribution in [0.2, 0.25) is 0 Å². The van der Waals surface area contributed by atoms with Gasteiger partial charge in [-0.15, -0.1) is 0 Å². The van der Waals surface area contributed by atoms with Crippen molar-refractivity contribution in [2.24, 2.45) is 0 Å².